The summed E-state index contributed by atoms with van der Waals surface area (Å²) in [6.07, 6.45) is -2.29. The van der Waals surface area contributed by atoms with E-state index in [-0.39, 0.29) is 6.54 Å². The molecule has 0 aromatic heterocycles. The van der Waals surface area contributed by atoms with Gasteiger partial charge in [-0.25, -0.2) is 8.78 Å². The van der Waals surface area contributed by atoms with Crippen LogP contribution in [-0.4, -0.2) is 13.0 Å². The van der Waals surface area contributed by atoms with Gasteiger partial charge in [-0.15, -0.1) is 0 Å². The third kappa shape index (κ3) is 3.35. The molecule has 0 unspecified atom stereocenters. The van der Waals surface area contributed by atoms with Crippen LogP contribution in [0, 0.1) is 6.92 Å². The minimum atomic E-state index is -2.29. The maximum atomic E-state index is 11.8. The molecular formula is C10H12BrF2N. The Labute approximate surface area is 90.6 Å². The first kappa shape index (κ1) is 11.6. The number of rotatable bonds is 4. The zero-order valence-electron chi connectivity index (χ0n) is 7.86. The van der Waals surface area contributed by atoms with Gasteiger partial charge < -0.3 is 5.32 Å². The third-order valence-electron chi connectivity index (χ3n) is 1.99. The molecule has 1 N–H and O–H groups in total. The zero-order valence-corrected chi connectivity index (χ0v) is 9.44. The summed E-state index contributed by atoms with van der Waals surface area (Å²) in [4.78, 5) is 0. The van der Waals surface area contributed by atoms with Crippen LogP contribution in [0.3, 0.4) is 0 Å². The average molecular weight is 264 g/mol. The van der Waals surface area contributed by atoms with E-state index in [1.165, 1.54) is 0 Å². The molecule has 0 radical (unpaired) electrons. The molecule has 0 heterocycles. The highest BCUT2D eigenvalue weighted by Gasteiger charge is 2.03. The average Bonchev–Trinajstić information content (AvgIpc) is 2.12. The van der Waals surface area contributed by atoms with Crippen molar-refractivity contribution in [2.24, 2.45) is 0 Å². The molecule has 1 aromatic rings. The second kappa shape index (κ2) is 5.41. The van der Waals surface area contributed by atoms with Gasteiger partial charge in [0, 0.05) is 11.0 Å². The molecule has 0 saturated heterocycles. The van der Waals surface area contributed by atoms with Gasteiger partial charge in [0.25, 0.3) is 6.43 Å². The van der Waals surface area contributed by atoms with Crippen molar-refractivity contribution in [1.29, 1.82) is 0 Å². The van der Waals surface area contributed by atoms with Crippen LogP contribution in [0.1, 0.15) is 11.1 Å². The Kier molecular flexibility index (Phi) is 4.48. The van der Waals surface area contributed by atoms with E-state index < -0.39 is 6.43 Å². The monoisotopic (exact) mass is 263 g/mol. The van der Waals surface area contributed by atoms with Crippen LogP contribution in [0.2, 0.25) is 0 Å². The Morgan fingerprint density at radius 2 is 2.14 bits per heavy atom. The molecule has 1 aromatic carbocycles. The van der Waals surface area contributed by atoms with E-state index in [9.17, 15) is 8.78 Å². The smallest absolute Gasteiger partial charge is 0.250 e. The van der Waals surface area contributed by atoms with Crippen LogP contribution in [0.25, 0.3) is 0 Å². The maximum Gasteiger partial charge on any atom is 0.250 e. The second-order valence-corrected chi connectivity index (χ2v) is 3.90. The van der Waals surface area contributed by atoms with E-state index in [1.54, 1.807) is 0 Å². The van der Waals surface area contributed by atoms with Crippen molar-refractivity contribution < 1.29 is 8.78 Å². The van der Waals surface area contributed by atoms with Crippen LogP contribution in [0.5, 0.6) is 0 Å². The van der Waals surface area contributed by atoms with Gasteiger partial charge in [0.2, 0.25) is 0 Å². The van der Waals surface area contributed by atoms with E-state index in [0.717, 1.165) is 15.6 Å². The molecular weight excluding hydrogens is 252 g/mol. The van der Waals surface area contributed by atoms with Crippen molar-refractivity contribution in [2.45, 2.75) is 19.9 Å². The number of hydrogen-bond donors (Lipinski definition) is 1. The van der Waals surface area contributed by atoms with Crippen molar-refractivity contribution in [1.82, 2.24) is 5.32 Å². The fourth-order valence-corrected chi connectivity index (χ4v) is 1.57. The van der Waals surface area contributed by atoms with Gasteiger partial charge in [-0.2, -0.15) is 0 Å². The predicted molar refractivity (Wildman–Crippen MR) is 56.6 cm³/mol. The molecule has 0 aliphatic heterocycles. The predicted octanol–water partition coefficient (Wildman–Crippen LogP) is 3.11. The minimum Gasteiger partial charge on any atom is -0.307 e. The lowest BCUT2D eigenvalue weighted by atomic mass is 10.1. The lowest BCUT2D eigenvalue weighted by Crippen LogP contribution is -2.21. The Morgan fingerprint density at radius 3 is 2.79 bits per heavy atom. The van der Waals surface area contributed by atoms with Gasteiger partial charge in [0.15, 0.2) is 0 Å². The van der Waals surface area contributed by atoms with Gasteiger partial charge in [-0.3, -0.25) is 0 Å². The highest BCUT2D eigenvalue weighted by atomic mass is 79.9. The fourth-order valence-electron chi connectivity index (χ4n) is 1.16. The molecule has 1 rings (SSSR count). The van der Waals surface area contributed by atoms with Gasteiger partial charge in [0.05, 0.1) is 6.54 Å². The molecule has 14 heavy (non-hydrogen) atoms. The number of alkyl halides is 2. The third-order valence-corrected chi connectivity index (χ3v) is 2.85. The summed E-state index contributed by atoms with van der Waals surface area (Å²) in [5.74, 6) is 0. The molecule has 0 aliphatic carbocycles. The Balaban J connectivity index is 2.54. The lowest BCUT2D eigenvalue weighted by molar-refractivity contribution is 0.145. The number of nitrogens with one attached hydrogen (secondary N) is 1. The summed E-state index contributed by atoms with van der Waals surface area (Å²) in [6, 6.07) is 5.76. The molecule has 78 valence electrons. The van der Waals surface area contributed by atoms with Gasteiger partial charge >= 0.3 is 0 Å². The van der Waals surface area contributed by atoms with Crippen molar-refractivity contribution in [2.75, 3.05) is 6.54 Å². The van der Waals surface area contributed by atoms with Gasteiger partial charge in [0.1, 0.15) is 0 Å². The zero-order chi connectivity index (χ0) is 10.6. The van der Waals surface area contributed by atoms with Crippen molar-refractivity contribution in [3.05, 3.63) is 33.8 Å². The molecule has 0 fully saturated rings. The van der Waals surface area contributed by atoms with E-state index in [4.69, 9.17) is 0 Å². The number of halogens is 3. The molecule has 0 amide bonds. The highest BCUT2D eigenvalue weighted by Crippen LogP contribution is 2.19. The molecule has 1 nitrogen and oxygen atoms in total. The second-order valence-electron chi connectivity index (χ2n) is 3.05. The first-order chi connectivity index (χ1) is 6.61. The molecule has 0 aliphatic rings. The molecule has 0 atom stereocenters. The topological polar surface area (TPSA) is 12.0 Å². The standard InChI is InChI=1S/C10H12BrF2N/c1-7-8(3-2-4-9(7)11)5-14-6-10(12)13/h2-4,10,14H,5-6H2,1H3. The summed E-state index contributed by atoms with van der Waals surface area (Å²) in [7, 11) is 0. The number of hydrogen-bond acceptors (Lipinski definition) is 1. The van der Waals surface area contributed by atoms with Gasteiger partial charge in [-0.05, 0) is 24.1 Å². The van der Waals surface area contributed by atoms with Crippen molar-refractivity contribution >= 4 is 15.9 Å². The molecule has 0 saturated carbocycles. The normalized spacial score (nSPS) is 10.9. The van der Waals surface area contributed by atoms with Crippen LogP contribution in [-0.2, 0) is 6.54 Å². The van der Waals surface area contributed by atoms with Crippen molar-refractivity contribution in [3.63, 3.8) is 0 Å². The van der Waals surface area contributed by atoms with Crippen LogP contribution < -0.4 is 5.32 Å². The van der Waals surface area contributed by atoms with Crippen LogP contribution >= 0.6 is 15.9 Å². The maximum absolute atomic E-state index is 11.8. The van der Waals surface area contributed by atoms with E-state index >= 15 is 0 Å². The van der Waals surface area contributed by atoms with E-state index in [0.29, 0.717) is 6.54 Å². The summed E-state index contributed by atoms with van der Waals surface area (Å²) < 4.78 is 24.7. The Morgan fingerprint density at radius 1 is 1.43 bits per heavy atom. The largest absolute Gasteiger partial charge is 0.307 e. The van der Waals surface area contributed by atoms with E-state index in [2.05, 4.69) is 21.2 Å². The molecule has 0 spiro atoms. The highest BCUT2D eigenvalue weighted by molar-refractivity contribution is 9.10. The Hall–Kier alpha value is -0.480. The fraction of sp³-hybridized carbons (Fsp3) is 0.400. The van der Waals surface area contributed by atoms with Crippen LogP contribution in [0.4, 0.5) is 8.78 Å². The van der Waals surface area contributed by atoms with Crippen LogP contribution in [0.15, 0.2) is 22.7 Å². The first-order valence-corrected chi connectivity index (χ1v) is 5.13. The minimum absolute atomic E-state index is 0.258. The summed E-state index contributed by atoms with van der Waals surface area (Å²) in [5.41, 5.74) is 2.13. The molecule has 4 heteroatoms. The summed E-state index contributed by atoms with van der Waals surface area (Å²) >= 11 is 3.39. The lowest BCUT2D eigenvalue weighted by Gasteiger charge is -2.08. The van der Waals surface area contributed by atoms with E-state index in [1.807, 2.05) is 25.1 Å². The molecule has 0 bridgehead atoms. The van der Waals surface area contributed by atoms with Crippen molar-refractivity contribution in [3.8, 4) is 0 Å². The quantitative estimate of drug-likeness (QED) is 0.881. The Bertz CT molecular complexity index is 302. The SMILES string of the molecule is Cc1c(Br)cccc1CNCC(F)F. The number of benzene rings is 1. The summed E-state index contributed by atoms with van der Waals surface area (Å²) in [5, 5.41) is 2.70. The van der Waals surface area contributed by atoms with Gasteiger partial charge in [-0.1, -0.05) is 28.1 Å². The first-order valence-electron chi connectivity index (χ1n) is 4.34. The summed E-state index contributed by atoms with van der Waals surface area (Å²) in [6.45, 7) is 2.19.